The second-order valence-electron chi connectivity index (χ2n) is 6.10. The molecule has 0 atom stereocenters. The maximum atomic E-state index is 5.47. The normalized spacial score (nSPS) is 19.4. The third-order valence-corrected chi connectivity index (χ3v) is 4.93. The van der Waals surface area contributed by atoms with Crippen molar-refractivity contribution in [1.82, 2.24) is 10.2 Å². The molecule has 1 aromatic rings. The molecule has 2 aliphatic rings. The minimum atomic E-state index is 0.318. The Morgan fingerprint density at radius 3 is 2.76 bits per heavy atom. The lowest BCUT2D eigenvalue weighted by atomic mass is 10.0. The summed E-state index contributed by atoms with van der Waals surface area (Å²) >= 11 is 3.55. The Morgan fingerprint density at radius 2 is 2.05 bits per heavy atom. The highest BCUT2D eigenvalue weighted by Crippen LogP contribution is 2.39. The average molecular weight is 355 g/mol. The summed E-state index contributed by atoms with van der Waals surface area (Å²) in [6.07, 6.45) is 2.45. The molecule has 0 unspecified atom stereocenters. The molecule has 116 valence electrons. The number of rotatable bonds is 4. The first-order chi connectivity index (χ1) is 10.1. The first-order valence-corrected chi connectivity index (χ1v) is 8.48. The van der Waals surface area contributed by atoms with Gasteiger partial charge in [0.2, 0.25) is 6.79 Å². The molecule has 0 bridgehead atoms. The molecule has 2 heterocycles. The highest BCUT2D eigenvalue weighted by molar-refractivity contribution is 9.10. The van der Waals surface area contributed by atoms with Gasteiger partial charge in [-0.25, -0.2) is 0 Å². The number of piperidine rings is 1. The van der Waals surface area contributed by atoms with Crippen LogP contribution in [-0.2, 0) is 6.54 Å². The number of nitrogens with one attached hydrogen (secondary N) is 1. The Balaban J connectivity index is 1.53. The van der Waals surface area contributed by atoms with E-state index in [4.69, 9.17) is 9.47 Å². The highest BCUT2D eigenvalue weighted by atomic mass is 79.9. The molecule has 2 aliphatic heterocycles. The largest absolute Gasteiger partial charge is 0.454 e. The summed E-state index contributed by atoms with van der Waals surface area (Å²) in [5, 5.41) is 3.67. The molecule has 0 amide bonds. The smallest absolute Gasteiger partial charge is 0.231 e. The van der Waals surface area contributed by atoms with Crippen LogP contribution >= 0.6 is 15.9 Å². The van der Waals surface area contributed by atoms with Crippen molar-refractivity contribution in [1.29, 1.82) is 0 Å². The molecule has 1 N–H and O–H groups in total. The van der Waals surface area contributed by atoms with Crippen molar-refractivity contribution >= 4 is 15.9 Å². The molecule has 5 heteroatoms. The lowest BCUT2D eigenvalue weighted by molar-refractivity contribution is 0.161. The van der Waals surface area contributed by atoms with Gasteiger partial charge in [0.25, 0.3) is 0 Å². The van der Waals surface area contributed by atoms with Crippen molar-refractivity contribution in [3.63, 3.8) is 0 Å². The van der Waals surface area contributed by atoms with Gasteiger partial charge in [0.1, 0.15) is 0 Å². The second kappa shape index (κ2) is 6.55. The molecule has 4 nitrogen and oxygen atoms in total. The topological polar surface area (TPSA) is 33.7 Å². The zero-order valence-corrected chi connectivity index (χ0v) is 14.3. The highest BCUT2D eigenvalue weighted by Gasteiger charge is 2.21. The Kier molecular flexibility index (Phi) is 4.72. The van der Waals surface area contributed by atoms with Crippen LogP contribution in [0.2, 0.25) is 0 Å². The summed E-state index contributed by atoms with van der Waals surface area (Å²) in [5.74, 6) is 1.67. The van der Waals surface area contributed by atoms with Crippen LogP contribution in [0.5, 0.6) is 11.5 Å². The summed E-state index contributed by atoms with van der Waals surface area (Å²) in [5.41, 5.74) is 1.23. The van der Waals surface area contributed by atoms with E-state index in [-0.39, 0.29) is 0 Å². The van der Waals surface area contributed by atoms with Crippen molar-refractivity contribution < 1.29 is 9.47 Å². The molecular formula is C16H23BrN2O2. The summed E-state index contributed by atoms with van der Waals surface area (Å²) in [6.45, 7) is 8.14. The first kappa shape index (κ1) is 15.1. The van der Waals surface area contributed by atoms with E-state index in [1.807, 2.05) is 0 Å². The molecule has 0 aromatic heterocycles. The van der Waals surface area contributed by atoms with Gasteiger partial charge in [-0.05, 0) is 73.4 Å². The van der Waals surface area contributed by atoms with Crippen LogP contribution in [0, 0.1) is 0 Å². The third kappa shape index (κ3) is 3.52. The summed E-state index contributed by atoms with van der Waals surface area (Å²) in [6, 6.07) is 5.47. The predicted molar refractivity (Wildman–Crippen MR) is 86.8 cm³/mol. The Hall–Kier alpha value is -0.780. The molecule has 21 heavy (non-hydrogen) atoms. The molecule has 3 rings (SSSR count). The fourth-order valence-electron chi connectivity index (χ4n) is 3.01. The number of likely N-dealkylation sites (tertiary alicyclic amines) is 1. The van der Waals surface area contributed by atoms with E-state index in [2.05, 4.69) is 52.1 Å². The zero-order chi connectivity index (χ0) is 14.8. The fourth-order valence-corrected chi connectivity index (χ4v) is 3.61. The van der Waals surface area contributed by atoms with Gasteiger partial charge < -0.3 is 19.7 Å². The van der Waals surface area contributed by atoms with E-state index >= 15 is 0 Å². The Labute approximate surface area is 134 Å². The lowest BCUT2D eigenvalue weighted by Gasteiger charge is -2.35. The summed E-state index contributed by atoms with van der Waals surface area (Å²) < 4.78 is 11.9. The van der Waals surface area contributed by atoms with Crippen molar-refractivity contribution in [2.75, 3.05) is 19.9 Å². The molecular weight excluding hydrogens is 332 g/mol. The standard InChI is InChI=1S/C16H23BrN2O2/c1-11(2)19-5-3-13(4-6-19)18-9-12-7-14(17)16-15(8-12)20-10-21-16/h7-8,11,13,18H,3-6,9-10H2,1-2H3. The summed E-state index contributed by atoms with van der Waals surface area (Å²) in [7, 11) is 0. The number of fused-ring (bicyclic) bond motifs is 1. The number of halogens is 1. The van der Waals surface area contributed by atoms with Crippen molar-refractivity contribution in [2.45, 2.75) is 45.3 Å². The number of hydrogen-bond acceptors (Lipinski definition) is 4. The first-order valence-electron chi connectivity index (χ1n) is 7.69. The average Bonchev–Trinajstić information content (AvgIpc) is 2.94. The SMILES string of the molecule is CC(C)N1CCC(NCc2cc(Br)c3c(c2)OCO3)CC1. The van der Waals surface area contributed by atoms with Gasteiger partial charge in [0.05, 0.1) is 4.47 Å². The number of nitrogens with zero attached hydrogens (tertiary/aromatic N) is 1. The van der Waals surface area contributed by atoms with Crippen LogP contribution in [0.4, 0.5) is 0 Å². The Bertz CT molecular complexity index is 499. The van der Waals surface area contributed by atoms with Gasteiger partial charge in [-0.1, -0.05) is 0 Å². The molecule has 1 fully saturated rings. The van der Waals surface area contributed by atoms with Crippen LogP contribution < -0.4 is 14.8 Å². The monoisotopic (exact) mass is 354 g/mol. The van der Waals surface area contributed by atoms with E-state index in [9.17, 15) is 0 Å². The van der Waals surface area contributed by atoms with E-state index < -0.39 is 0 Å². The minimum Gasteiger partial charge on any atom is -0.454 e. The molecule has 0 radical (unpaired) electrons. The van der Waals surface area contributed by atoms with Crippen molar-refractivity contribution in [3.8, 4) is 11.5 Å². The molecule has 1 aromatic carbocycles. The van der Waals surface area contributed by atoms with Gasteiger partial charge in [0, 0.05) is 18.6 Å². The predicted octanol–water partition coefficient (Wildman–Crippen LogP) is 3.14. The van der Waals surface area contributed by atoms with Gasteiger partial charge in [-0.2, -0.15) is 0 Å². The van der Waals surface area contributed by atoms with E-state index in [0.29, 0.717) is 18.9 Å². The van der Waals surface area contributed by atoms with Crippen molar-refractivity contribution in [3.05, 3.63) is 22.2 Å². The molecule has 0 saturated carbocycles. The van der Waals surface area contributed by atoms with E-state index in [0.717, 1.165) is 22.5 Å². The Morgan fingerprint density at radius 1 is 1.29 bits per heavy atom. The maximum Gasteiger partial charge on any atom is 0.231 e. The van der Waals surface area contributed by atoms with Gasteiger partial charge in [-0.15, -0.1) is 0 Å². The second-order valence-corrected chi connectivity index (χ2v) is 6.95. The lowest BCUT2D eigenvalue weighted by Crippen LogP contribution is -2.44. The maximum absolute atomic E-state index is 5.47. The number of ether oxygens (including phenoxy) is 2. The van der Waals surface area contributed by atoms with Crippen molar-refractivity contribution in [2.24, 2.45) is 0 Å². The van der Waals surface area contributed by atoms with Crippen LogP contribution in [0.3, 0.4) is 0 Å². The fraction of sp³-hybridized carbons (Fsp3) is 0.625. The third-order valence-electron chi connectivity index (χ3n) is 4.34. The van der Waals surface area contributed by atoms with E-state index in [1.165, 1.54) is 31.5 Å². The van der Waals surface area contributed by atoms with Crippen LogP contribution in [-0.4, -0.2) is 36.9 Å². The van der Waals surface area contributed by atoms with Gasteiger partial charge >= 0.3 is 0 Å². The van der Waals surface area contributed by atoms with Crippen LogP contribution in [0.1, 0.15) is 32.3 Å². The molecule has 1 saturated heterocycles. The molecule has 0 aliphatic carbocycles. The summed E-state index contributed by atoms with van der Waals surface area (Å²) in [4.78, 5) is 2.55. The van der Waals surface area contributed by atoms with Gasteiger partial charge in [-0.3, -0.25) is 0 Å². The van der Waals surface area contributed by atoms with E-state index in [1.54, 1.807) is 0 Å². The number of benzene rings is 1. The van der Waals surface area contributed by atoms with Gasteiger partial charge in [0.15, 0.2) is 11.5 Å². The zero-order valence-electron chi connectivity index (χ0n) is 12.7. The van der Waals surface area contributed by atoms with Crippen LogP contribution in [0.15, 0.2) is 16.6 Å². The van der Waals surface area contributed by atoms with Crippen LogP contribution in [0.25, 0.3) is 0 Å². The number of hydrogen-bond donors (Lipinski definition) is 1. The minimum absolute atomic E-state index is 0.318. The quantitative estimate of drug-likeness (QED) is 0.900. The molecule has 0 spiro atoms.